The molecular formula is C25H22F3N5O3. The number of alkyl halides is 3. The second-order valence-electron chi connectivity index (χ2n) is 8.13. The molecule has 4 heterocycles. The first-order valence-electron chi connectivity index (χ1n) is 11.2. The number of carbonyl (C=O) groups excluding carboxylic acids is 1. The molecule has 5 rings (SSSR count). The van der Waals surface area contributed by atoms with Crippen molar-refractivity contribution in [3.8, 4) is 17.0 Å². The Kier molecular flexibility index (Phi) is 6.47. The Balaban J connectivity index is 1.61. The van der Waals surface area contributed by atoms with Gasteiger partial charge in [0.15, 0.2) is 6.61 Å². The van der Waals surface area contributed by atoms with Gasteiger partial charge in [0.25, 0.3) is 5.91 Å². The van der Waals surface area contributed by atoms with E-state index >= 15 is 0 Å². The molecule has 1 aliphatic heterocycles. The van der Waals surface area contributed by atoms with E-state index in [9.17, 15) is 18.0 Å². The molecule has 0 radical (unpaired) electrons. The summed E-state index contributed by atoms with van der Waals surface area (Å²) in [5.74, 6) is 0.413. The Morgan fingerprint density at radius 1 is 1.08 bits per heavy atom. The fraction of sp³-hybridized carbons (Fsp3) is 0.240. The zero-order valence-electron chi connectivity index (χ0n) is 19.0. The van der Waals surface area contributed by atoms with Crippen LogP contribution in [0.2, 0.25) is 0 Å². The number of hydrogen-bond acceptors (Lipinski definition) is 6. The highest BCUT2D eigenvalue weighted by molar-refractivity contribution is 6.11. The Labute approximate surface area is 204 Å². The van der Waals surface area contributed by atoms with E-state index in [-0.39, 0.29) is 11.8 Å². The second kappa shape index (κ2) is 9.86. The molecule has 11 heteroatoms. The van der Waals surface area contributed by atoms with E-state index in [4.69, 9.17) is 9.47 Å². The summed E-state index contributed by atoms with van der Waals surface area (Å²) in [5.41, 5.74) is 2.52. The van der Waals surface area contributed by atoms with Crippen LogP contribution >= 0.6 is 0 Å². The summed E-state index contributed by atoms with van der Waals surface area (Å²) in [6.45, 7) is 0.471. The lowest BCUT2D eigenvalue weighted by molar-refractivity contribution is -0.154. The van der Waals surface area contributed by atoms with E-state index in [1.165, 1.54) is 18.5 Å². The summed E-state index contributed by atoms with van der Waals surface area (Å²) in [4.78, 5) is 26.6. The maximum Gasteiger partial charge on any atom is 0.422 e. The summed E-state index contributed by atoms with van der Waals surface area (Å²) >= 11 is 0. The molecule has 0 saturated carbocycles. The van der Waals surface area contributed by atoms with E-state index in [0.717, 1.165) is 10.9 Å². The number of amides is 1. The van der Waals surface area contributed by atoms with Gasteiger partial charge in [0.05, 0.1) is 13.2 Å². The number of aromatic nitrogens is 3. The number of hydrogen-bond donors (Lipinski definition) is 2. The van der Waals surface area contributed by atoms with Gasteiger partial charge in [-0.3, -0.25) is 9.78 Å². The standard InChI is InChI=1S/C25H22F3N5O3/c26-25(27,28)15-36-20-6-5-18(23(31-20)33-11-13-35-14-12-33)21-17-3-1-2-4-19(17)30-22(21)32-24(34)16-7-9-29-10-8-16/h1-10,30H,11-15H2,(H,32,34). The third-order valence-electron chi connectivity index (χ3n) is 5.70. The fourth-order valence-corrected chi connectivity index (χ4v) is 4.08. The minimum atomic E-state index is -4.49. The van der Waals surface area contributed by atoms with Crippen LogP contribution in [-0.2, 0) is 4.74 Å². The second-order valence-corrected chi connectivity index (χ2v) is 8.13. The van der Waals surface area contributed by atoms with Gasteiger partial charge in [0, 0.05) is 59.1 Å². The minimum Gasteiger partial charge on any atom is -0.468 e. The molecule has 4 aromatic rings. The molecule has 1 aliphatic rings. The Hall–Kier alpha value is -4.12. The largest absolute Gasteiger partial charge is 0.468 e. The van der Waals surface area contributed by atoms with Gasteiger partial charge < -0.3 is 24.7 Å². The van der Waals surface area contributed by atoms with Crippen LogP contribution in [0.1, 0.15) is 10.4 Å². The van der Waals surface area contributed by atoms with Crippen molar-refractivity contribution in [2.75, 3.05) is 43.1 Å². The van der Waals surface area contributed by atoms with Crippen molar-refractivity contribution in [3.63, 3.8) is 0 Å². The van der Waals surface area contributed by atoms with Crippen molar-refractivity contribution in [1.29, 1.82) is 0 Å². The number of benzene rings is 1. The van der Waals surface area contributed by atoms with E-state index in [1.54, 1.807) is 18.2 Å². The highest BCUT2D eigenvalue weighted by Crippen LogP contribution is 2.41. The van der Waals surface area contributed by atoms with Crippen molar-refractivity contribution in [1.82, 2.24) is 15.0 Å². The van der Waals surface area contributed by atoms with E-state index in [1.807, 2.05) is 29.2 Å². The monoisotopic (exact) mass is 497 g/mol. The molecule has 0 bridgehead atoms. The molecule has 186 valence electrons. The number of nitrogens with zero attached hydrogens (tertiary/aromatic N) is 3. The summed E-state index contributed by atoms with van der Waals surface area (Å²) in [6.07, 6.45) is -1.43. The molecule has 1 aromatic carbocycles. The molecule has 0 atom stereocenters. The fourth-order valence-electron chi connectivity index (χ4n) is 4.08. The van der Waals surface area contributed by atoms with Crippen LogP contribution in [0, 0.1) is 0 Å². The highest BCUT2D eigenvalue weighted by atomic mass is 19.4. The van der Waals surface area contributed by atoms with Crippen molar-refractivity contribution in [2.45, 2.75) is 6.18 Å². The lowest BCUT2D eigenvalue weighted by Gasteiger charge is -2.30. The highest BCUT2D eigenvalue weighted by Gasteiger charge is 2.29. The number of anilines is 2. The van der Waals surface area contributed by atoms with Gasteiger partial charge >= 0.3 is 6.18 Å². The molecule has 0 aliphatic carbocycles. The molecular weight excluding hydrogens is 475 g/mol. The van der Waals surface area contributed by atoms with Gasteiger partial charge in [-0.2, -0.15) is 18.2 Å². The van der Waals surface area contributed by atoms with E-state index < -0.39 is 12.8 Å². The van der Waals surface area contributed by atoms with Crippen molar-refractivity contribution in [3.05, 3.63) is 66.5 Å². The molecule has 3 aromatic heterocycles. The van der Waals surface area contributed by atoms with Gasteiger partial charge in [-0.05, 0) is 24.3 Å². The van der Waals surface area contributed by atoms with Crippen molar-refractivity contribution >= 4 is 28.4 Å². The number of carbonyl (C=O) groups is 1. The summed E-state index contributed by atoms with van der Waals surface area (Å²) in [5, 5.41) is 3.75. The van der Waals surface area contributed by atoms with Crippen LogP contribution in [0.25, 0.3) is 22.0 Å². The van der Waals surface area contributed by atoms with E-state index in [2.05, 4.69) is 20.3 Å². The summed E-state index contributed by atoms with van der Waals surface area (Å²) < 4.78 is 48.7. The predicted molar refractivity (Wildman–Crippen MR) is 128 cm³/mol. The van der Waals surface area contributed by atoms with Crippen molar-refractivity contribution < 1.29 is 27.4 Å². The van der Waals surface area contributed by atoms with Crippen LogP contribution < -0.4 is 15.0 Å². The van der Waals surface area contributed by atoms with Crippen LogP contribution in [0.5, 0.6) is 5.88 Å². The number of H-pyrrole nitrogens is 1. The average molecular weight is 497 g/mol. The smallest absolute Gasteiger partial charge is 0.422 e. The average Bonchev–Trinajstić information content (AvgIpc) is 3.25. The van der Waals surface area contributed by atoms with Gasteiger partial charge in [-0.15, -0.1) is 0 Å². The maximum atomic E-state index is 13.0. The number of halogens is 3. The Morgan fingerprint density at radius 3 is 2.58 bits per heavy atom. The molecule has 0 spiro atoms. The summed E-state index contributed by atoms with van der Waals surface area (Å²) in [6, 6.07) is 13.8. The number of rotatable bonds is 6. The van der Waals surface area contributed by atoms with Gasteiger partial charge in [0.2, 0.25) is 5.88 Å². The number of ether oxygens (including phenoxy) is 2. The molecule has 0 unspecified atom stereocenters. The third-order valence-corrected chi connectivity index (χ3v) is 5.70. The lowest BCUT2D eigenvalue weighted by Crippen LogP contribution is -2.37. The number of pyridine rings is 2. The van der Waals surface area contributed by atoms with E-state index in [0.29, 0.717) is 54.6 Å². The summed E-state index contributed by atoms with van der Waals surface area (Å²) in [7, 11) is 0. The number of nitrogens with one attached hydrogen (secondary N) is 2. The number of fused-ring (bicyclic) bond motifs is 1. The minimum absolute atomic E-state index is 0.139. The topological polar surface area (TPSA) is 92.4 Å². The zero-order valence-corrected chi connectivity index (χ0v) is 19.0. The van der Waals surface area contributed by atoms with Crippen molar-refractivity contribution in [2.24, 2.45) is 0 Å². The normalized spacial score (nSPS) is 14.1. The molecule has 1 fully saturated rings. The van der Waals surface area contributed by atoms with Crippen LogP contribution in [0.3, 0.4) is 0 Å². The van der Waals surface area contributed by atoms with Gasteiger partial charge in [0.1, 0.15) is 11.6 Å². The molecule has 8 nitrogen and oxygen atoms in total. The first-order chi connectivity index (χ1) is 17.4. The quantitative estimate of drug-likeness (QED) is 0.403. The molecule has 36 heavy (non-hydrogen) atoms. The first-order valence-corrected chi connectivity index (χ1v) is 11.2. The van der Waals surface area contributed by atoms with Gasteiger partial charge in [-0.25, -0.2) is 0 Å². The van der Waals surface area contributed by atoms with Crippen LogP contribution in [-0.4, -0.2) is 59.9 Å². The van der Waals surface area contributed by atoms with Crippen LogP contribution in [0.4, 0.5) is 24.8 Å². The Morgan fingerprint density at radius 2 is 1.83 bits per heavy atom. The maximum absolute atomic E-state index is 13.0. The first kappa shape index (κ1) is 23.6. The Bertz CT molecular complexity index is 1370. The molecule has 2 N–H and O–H groups in total. The lowest BCUT2D eigenvalue weighted by atomic mass is 10.0. The van der Waals surface area contributed by atoms with Crippen LogP contribution in [0.15, 0.2) is 60.9 Å². The third kappa shape index (κ3) is 5.10. The zero-order chi connectivity index (χ0) is 25.1. The molecule has 1 saturated heterocycles. The number of aromatic amines is 1. The SMILES string of the molecule is O=C(Nc1[nH]c2ccccc2c1-c1ccc(OCC(F)(F)F)nc1N1CCOCC1)c1ccncc1. The number of para-hydroxylation sites is 1. The number of morpholine rings is 1. The predicted octanol–water partition coefficient (Wildman–Crippen LogP) is 4.65. The molecule has 1 amide bonds. The van der Waals surface area contributed by atoms with Gasteiger partial charge in [-0.1, -0.05) is 18.2 Å².